The highest BCUT2D eigenvalue weighted by molar-refractivity contribution is 6.33. The third-order valence-corrected chi connectivity index (χ3v) is 4.27. The van der Waals surface area contributed by atoms with Crippen LogP contribution >= 0.6 is 11.6 Å². The summed E-state index contributed by atoms with van der Waals surface area (Å²) < 4.78 is 0. The molecule has 0 bridgehead atoms. The van der Waals surface area contributed by atoms with Crippen molar-refractivity contribution in [3.05, 3.63) is 28.8 Å². The van der Waals surface area contributed by atoms with E-state index in [2.05, 4.69) is 16.0 Å². The topological polar surface area (TPSA) is 90.5 Å². The normalized spacial score (nSPS) is 16.7. The zero-order chi connectivity index (χ0) is 19.3. The van der Waals surface area contributed by atoms with E-state index in [1.54, 1.807) is 17.0 Å². The molecule has 1 aliphatic rings. The van der Waals surface area contributed by atoms with Crippen LogP contribution in [0.5, 0.6) is 0 Å². The number of rotatable bonds is 6. The molecule has 4 amide bonds. The van der Waals surface area contributed by atoms with Crippen molar-refractivity contribution in [1.29, 1.82) is 0 Å². The molecular weight excluding hydrogens is 356 g/mol. The Morgan fingerprint density at radius 2 is 2.08 bits per heavy atom. The van der Waals surface area contributed by atoms with Gasteiger partial charge in [0.25, 0.3) is 5.91 Å². The van der Waals surface area contributed by atoms with Crippen LogP contribution in [0.25, 0.3) is 0 Å². The van der Waals surface area contributed by atoms with Gasteiger partial charge in [0.05, 0.1) is 16.8 Å². The largest absolute Gasteiger partial charge is 0.350 e. The van der Waals surface area contributed by atoms with Gasteiger partial charge in [-0.05, 0) is 38.5 Å². The van der Waals surface area contributed by atoms with Gasteiger partial charge in [-0.1, -0.05) is 18.5 Å². The number of halogens is 1. The molecule has 1 aromatic rings. The molecule has 1 saturated heterocycles. The van der Waals surface area contributed by atoms with Gasteiger partial charge in [-0.2, -0.15) is 0 Å². The molecule has 0 aliphatic carbocycles. The lowest BCUT2D eigenvalue weighted by molar-refractivity contribution is -0.127. The first kappa shape index (κ1) is 20.0. The molecule has 1 aromatic carbocycles. The van der Waals surface area contributed by atoms with Gasteiger partial charge < -0.3 is 20.9 Å². The molecule has 0 saturated carbocycles. The molecule has 8 heteroatoms. The number of hydrogen-bond donors (Lipinski definition) is 3. The fraction of sp³-hybridized carbons (Fsp3) is 0.500. The van der Waals surface area contributed by atoms with E-state index in [9.17, 15) is 14.4 Å². The Morgan fingerprint density at radius 3 is 2.73 bits per heavy atom. The second-order valence-electron chi connectivity index (χ2n) is 6.66. The summed E-state index contributed by atoms with van der Waals surface area (Å²) in [5, 5.41) is 8.55. The zero-order valence-corrected chi connectivity index (χ0v) is 16.0. The van der Waals surface area contributed by atoms with Crippen LogP contribution < -0.4 is 16.0 Å². The highest BCUT2D eigenvalue weighted by Gasteiger charge is 2.29. The number of carbonyl (C=O) groups excluding carboxylic acids is 3. The molecule has 26 heavy (non-hydrogen) atoms. The third-order valence-electron chi connectivity index (χ3n) is 3.94. The Morgan fingerprint density at radius 1 is 1.35 bits per heavy atom. The van der Waals surface area contributed by atoms with Crippen LogP contribution in [0.2, 0.25) is 5.02 Å². The molecule has 0 spiro atoms. The number of nitrogens with zero attached hydrogens (tertiary/aromatic N) is 1. The fourth-order valence-corrected chi connectivity index (χ4v) is 2.97. The molecule has 1 atom stereocenters. The summed E-state index contributed by atoms with van der Waals surface area (Å²) in [6.45, 7) is 6.93. The Balaban J connectivity index is 1.98. The van der Waals surface area contributed by atoms with Crippen LogP contribution in [0.1, 0.15) is 44.0 Å². The van der Waals surface area contributed by atoms with E-state index in [4.69, 9.17) is 11.6 Å². The smallest absolute Gasteiger partial charge is 0.319 e. The van der Waals surface area contributed by atoms with Gasteiger partial charge in [-0.3, -0.25) is 9.59 Å². The van der Waals surface area contributed by atoms with Crippen molar-refractivity contribution in [3.63, 3.8) is 0 Å². The molecule has 1 aliphatic heterocycles. The number of amides is 4. The fourth-order valence-electron chi connectivity index (χ4n) is 2.81. The number of benzene rings is 1. The van der Waals surface area contributed by atoms with Crippen LogP contribution in [0.3, 0.4) is 0 Å². The Bertz CT molecular complexity index is 693. The standard InChI is InChI=1S/C18H25ClN4O3/c1-4-7-23-10-13(9-16(23)24)21-18(26)22-15-8-12(5-6-14(15)19)17(25)20-11(2)3/h5-6,8,11,13H,4,7,9-10H2,1-3H3,(H,20,25)(H2,21,22,26). The Labute approximate surface area is 158 Å². The minimum Gasteiger partial charge on any atom is -0.350 e. The van der Waals surface area contributed by atoms with E-state index in [0.717, 1.165) is 6.42 Å². The number of nitrogens with one attached hydrogen (secondary N) is 3. The minimum absolute atomic E-state index is 0.00357. The Hall–Kier alpha value is -2.28. The summed E-state index contributed by atoms with van der Waals surface area (Å²) in [5.41, 5.74) is 0.749. The van der Waals surface area contributed by atoms with Crippen molar-refractivity contribution in [2.75, 3.05) is 18.4 Å². The molecule has 1 fully saturated rings. The van der Waals surface area contributed by atoms with Gasteiger partial charge >= 0.3 is 6.03 Å². The number of carbonyl (C=O) groups is 3. The maximum Gasteiger partial charge on any atom is 0.319 e. The minimum atomic E-state index is -0.454. The van der Waals surface area contributed by atoms with Crippen LogP contribution in [0.4, 0.5) is 10.5 Å². The lowest BCUT2D eigenvalue weighted by Gasteiger charge is -2.17. The van der Waals surface area contributed by atoms with Crippen molar-refractivity contribution in [2.24, 2.45) is 0 Å². The monoisotopic (exact) mass is 380 g/mol. The molecule has 1 heterocycles. The zero-order valence-electron chi connectivity index (χ0n) is 15.3. The highest BCUT2D eigenvalue weighted by atomic mass is 35.5. The van der Waals surface area contributed by atoms with Crippen LogP contribution in [0, 0.1) is 0 Å². The molecular formula is C18H25ClN4O3. The van der Waals surface area contributed by atoms with Crippen molar-refractivity contribution >= 4 is 35.1 Å². The van der Waals surface area contributed by atoms with Crippen LogP contribution in [-0.4, -0.2) is 47.9 Å². The number of likely N-dealkylation sites (tertiary alicyclic amines) is 1. The van der Waals surface area contributed by atoms with Gasteiger partial charge in [0, 0.05) is 31.1 Å². The molecule has 0 aromatic heterocycles. The second kappa shape index (κ2) is 8.89. The summed E-state index contributed by atoms with van der Waals surface area (Å²) in [7, 11) is 0. The average molecular weight is 381 g/mol. The van der Waals surface area contributed by atoms with Crippen LogP contribution in [-0.2, 0) is 4.79 Å². The molecule has 0 radical (unpaired) electrons. The predicted molar refractivity (Wildman–Crippen MR) is 101 cm³/mol. The lowest BCUT2D eigenvalue weighted by Crippen LogP contribution is -2.39. The third kappa shape index (κ3) is 5.36. The number of hydrogen-bond acceptors (Lipinski definition) is 3. The van der Waals surface area contributed by atoms with Crippen LogP contribution in [0.15, 0.2) is 18.2 Å². The molecule has 3 N–H and O–H groups in total. The van der Waals surface area contributed by atoms with Crippen molar-refractivity contribution < 1.29 is 14.4 Å². The van der Waals surface area contributed by atoms with E-state index in [1.807, 2.05) is 20.8 Å². The predicted octanol–water partition coefficient (Wildman–Crippen LogP) is 2.61. The van der Waals surface area contributed by atoms with Gasteiger partial charge in [0.2, 0.25) is 5.91 Å². The van der Waals surface area contributed by atoms with Crippen molar-refractivity contribution in [3.8, 4) is 0 Å². The quantitative estimate of drug-likeness (QED) is 0.708. The first-order valence-corrected chi connectivity index (χ1v) is 9.13. The number of urea groups is 1. The van der Waals surface area contributed by atoms with E-state index in [1.165, 1.54) is 6.07 Å². The molecule has 142 valence electrons. The first-order chi connectivity index (χ1) is 12.3. The van der Waals surface area contributed by atoms with E-state index < -0.39 is 6.03 Å². The maximum atomic E-state index is 12.2. The molecule has 2 rings (SSSR count). The summed E-state index contributed by atoms with van der Waals surface area (Å²) in [5.74, 6) is -0.195. The van der Waals surface area contributed by atoms with Gasteiger partial charge in [-0.15, -0.1) is 0 Å². The Kier molecular flexibility index (Phi) is 6.85. The first-order valence-electron chi connectivity index (χ1n) is 8.75. The van der Waals surface area contributed by atoms with Gasteiger partial charge in [0.1, 0.15) is 0 Å². The molecule has 7 nitrogen and oxygen atoms in total. The summed E-state index contributed by atoms with van der Waals surface area (Å²) in [6.07, 6.45) is 1.17. The van der Waals surface area contributed by atoms with Crippen molar-refractivity contribution in [1.82, 2.24) is 15.5 Å². The number of anilines is 1. The maximum absolute atomic E-state index is 12.2. The van der Waals surface area contributed by atoms with Gasteiger partial charge in [-0.25, -0.2) is 4.79 Å². The van der Waals surface area contributed by atoms with Crippen molar-refractivity contribution in [2.45, 2.75) is 45.7 Å². The summed E-state index contributed by atoms with van der Waals surface area (Å²) in [6, 6.07) is 4.01. The van der Waals surface area contributed by atoms with E-state index in [-0.39, 0.29) is 30.3 Å². The van der Waals surface area contributed by atoms with Gasteiger partial charge in [0.15, 0.2) is 0 Å². The summed E-state index contributed by atoms with van der Waals surface area (Å²) in [4.78, 5) is 37.9. The van der Waals surface area contributed by atoms with E-state index in [0.29, 0.717) is 29.4 Å². The highest BCUT2D eigenvalue weighted by Crippen LogP contribution is 2.23. The summed E-state index contributed by atoms with van der Waals surface area (Å²) >= 11 is 6.12. The molecule has 1 unspecified atom stereocenters. The SMILES string of the molecule is CCCN1CC(NC(=O)Nc2cc(C(=O)NC(C)C)ccc2Cl)CC1=O. The lowest BCUT2D eigenvalue weighted by atomic mass is 10.1. The second-order valence-corrected chi connectivity index (χ2v) is 7.07. The van der Waals surface area contributed by atoms with E-state index >= 15 is 0 Å². The average Bonchev–Trinajstić information content (AvgIpc) is 2.88.